The van der Waals surface area contributed by atoms with Crippen molar-refractivity contribution >= 4 is 11.8 Å². The normalized spacial score (nSPS) is 19.8. The number of cyclic esters (lactones) is 1. The van der Waals surface area contributed by atoms with Gasteiger partial charge in [-0.05, 0) is 38.4 Å². The topological polar surface area (TPSA) is 55.6 Å². The first-order valence-electron chi connectivity index (χ1n) is 6.37. The first-order valence-corrected chi connectivity index (χ1v) is 6.37. The second-order valence-corrected chi connectivity index (χ2v) is 4.79. The Morgan fingerprint density at radius 3 is 2.89 bits per heavy atom. The minimum Gasteiger partial charge on any atom is -0.449 e. The number of anilines is 1. The lowest BCUT2D eigenvalue weighted by atomic mass is 10.0. The molecule has 0 aromatic heterocycles. The number of ether oxygens (including phenoxy) is 1. The summed E-state index contributed by atoms with van der Waals surface area (Å²) >= 11 is 0. The largest absolute Gasteiger partial charge is 0.449 e. The summed E-state index contributed by atoms with van der Waals surface area (Å²) in [5, 5.41) is 0. The van der Waals surface area contributed by atoms with Crippen LogP contribution in [0.4, 0.5) is 10.5 Å². The number of hydrogen-bond donors (Lipinski definition) is 1. The van der Waals surface area contributed by atoms with Gasteiger partial charge in [-0.1, -0.05) is 17.7 Å². The lowest BCUT2D eigenvalue weighted by Crippen LogP contribution is -2.47. The van der Waals surface area contributed by atoms with E-state index in [4.69, 9.17) is 10.5 Å². The number of nitrogens with zero attached hydrogens (tertiary/aromatic N) is 1. The molecule has 4 heteroatoms. The van der Waals surface area contributed by atoms with Crippen molar-refractivity contribution in [2.24, 2.45) is 5.73 Å². The molecule has 0 radical (unpaired) electrons. The third kappa shape index (κ3) is 2.48. The van der Waals surface area contributed by atoms with E-state index < -0.39 is 0 Å². The van der Waals surface area contributed by atoms with Gasteiger partial charge in [0.2, 0.25) is 0 Å². The van der Waals surface area contributed by atoms with Gasteiger partial charge in [0.1, 0.15) is 0 Å². The molecule has 1 fully saturated rings. The summed E-state index contributed by atoms with van der Waals surface area (Å²) in [6, 6.07) is 6.24. The van der Waals surface area contributed by atoms with Gasteiger partial charge >= 0.3 is 6.09 Å². The Balaban J connectivity index is 2.34. The molecule has 18 heavy (non-hydrogen) atoms. The standard InChI is InChI=1S/C14H20N2O2/c1-10-3-4-13(11(2)9-10)16-12(5-7-15)6-8-18-14(16)17/h3-4,9,12H,5-8,15H2,1-2H3. The monoisotopic (exact) mass is 248 g/mol. The number of benzene rings is 1. The van der Waals surface area contributed by atoms with Gasteiger partial charge in [-0.15, -0.1) is 0 Å². The molecule has 1 atom stereocenters. The maximum Gasteiger partial charge on any atom is 0.414 e. The van der Waals surface area contributed by atoms with Gasteiger partial charge in [0.25, 0.3) is 0 Å². The van der Waals surface area contributed by atoms with Crippen molar-refractivity contribution in [1.82, 2.24) is 0 Å². The second kappa shape index (κ2) is 5.40. The van der Waals surface area contributed by atoms with Crippen LogP contribution >= 0.6 is 0 Å². The van der Waals surface area contributed by atoms with Crippen LogP contribution in [0, 0.1) is 13.8 Å². The van der Waals surface area contributed by atoms with Crippen LogP contribution in [0.25, 0.3) is 0 Å². The fourth-order valence-corrected chi connectivity index (χ4v) is 2.47. The van der Waals surface area contributed by atoms with E-state index in [0.717, 1.165) is 24.1 Å². The van der Waals surface area contributed by atoms with Crippen LogP contribution < -0.4 is 10.6 Å². The van der Waals surface area contributed by atoms with E-state index in [1.54, 1.807) is 4.90 Å². The van der Waals surface area contributed by atoms with Gasteiger partial charge in [0.05, 0.1) is 12.3 Å². The Morgan fingerprint density at radius 1 is 1.44 bits per heavy atom. The van der Waals surface area contributed by atoms with Gasteiger partial charge in [-0.25, -0.2) is 4.79 Å². The molecule has 0 spiro atoms. The summed E-state index contributed by atoms with van der Waals surface area (Å²) in [6.07, 6.45) is 1.39. The molecule has 1 saturated heterocycles. The molecule has 2 N–H and O–H groups in total. The highest BCUT2D eigenvalue weighted by molar-refractivity contribution is 5.90. The molecule has 0 saturated carbocycles. The van der Waals surface area contributed by atoms with Gasteiger partial charge in [-0.3, -0.25) is 4.90 Å². The highest BCUT2D eigenvalue weighted by atomic mass is 16.6. The van der Waals surface area contributed by atoms with E-state index in [-0.39, 0.29) is 12.1 Å². The van der Waals surface area contributed by atoms with Crippen LogP contribution in [-0.2, 0) is 4.74 Å². The molecule has 4 nitrogen and oxygen atoms in total. The summed E-state index contributed by atoms with van der Waals surface area (Å²) in [7, 11) is 0. The SMILES string of the molecule is Cc1ccc(N2C(=O)OCCC2CCN)c(C)c1. The lowest BCUT2D eigenvalue weighted by molar-refractivity contribution is 0.128. The van der Waals surface area contributed by atoms with Crippen molar-refractivity contribution in [3.63, 3.8) is 0 Å². The second-order valence-electron chi connectivity index (χ2n) is 4.79. The quantitative estimate of drug-likeness (QED) is 0.893. The van der Waals surface area contributed by atoms with Crippen LogP contribution in [0.1, 0.15) is 24.0 Å². The number of aryl methyl sites for hydroxylation is 2. The summed E-state index contributed by atoms with van der Waals surface area (Å²) in [4.78, 5) is 13.7. The van der Waals surface area contributed by atoms with Crippen molar-refractivity contribution in [3.05, 3.63) is 29.3 Å². The molecular formula is C14H20N2O2. The number of hydrogen-bond acceptors (Lipinski definition) is 3. The van der Waals surface area contributed by atoms with Crippen LogP contribution in [0.3, 0.4) is 0 Å². The van der Waals surface area contributed by atoms with E-state index in [2.05, 4.69) is 6.07 Å². The maximum absolute atomic E-state index is 12.0. The highest BCUT2D eigenvalue weighted by Crippen LogP contribution is 2.28. The van der Waals surface area contributed by atoms with E-state index in [9.17, 15) is 4.79 Å². The minimum atomic E-state index is -0.258. The Hall–Kier alpha value is -1.55. The van der Waals surface area contributed by atoms with E-state index >= 15 is 0 Å². The zero-order chi connectivity index (χ0) is 13.1. The fraction of sp³-hybridized carbons (Fsp3) is 0.500. The first-order chi connectivity index (χ1) is 8.63. The Labute approximate surface area is 108 Å². The van der Waals surface area contributed by atoms with Crippen molar-refractivity contribution in [2.45, 2.75) is 32.7 Å². The van der Waals surface area contributed by atoms with Crippen molar-refractivity contribution in [1.29, 1.82) is 0 Å². The molecule has 1 aromatic rings. The molecule has 1 amide bonds. The van der Waals surface area contributed by atoms with Crippen LogP contribution in [0.5, 0.6) is 0 Å². The number of amides is 1. The molecule has 2 rings (SSSR count). The predicted molar refractivity (Wildman–Crippen MR) is 71.8 cm³/mol. The minimum absolute atomic E-state index is 0.151. The summed E-state index contributed by atoms with van der Waals surface area (Å²) in [5.41, 5.74) is 8.85. The summed E-state index contributed by atoms with van der Waals surface area (Å²) in [5.74, 6) is 0. The molecule has 1 unspecified atom stereocenters. The Morgan fingerprint density at radius 2 is 2.22 bits per heavy atom. The van der Waals surface area contributed by atoms with Gasteiger partial charge in [-0.2, -0.15) is 0 Å². The molecule has 1 aliphatic rings. The average Bonchev–Trinajstić information content (AvgIpc) is 2.31. The summed E-state index contributed by atoms with van der Waals surface area (Å²) < 4.78 is 5.15. The van der Waals surface area contributed by atoms with E-state index in [0.29, 0.717) is 13.2 Å². The molecule has 1 aromatic carbocycles. The molecular weight excluding hydrogens is 228 g/mol. The molecule has 0 aliphatic carbocycles. The van der Waals surface area contributed by atoms with E-state index in [1.807, 2.05) is 26.0 Å². The summed E-state index contributed by atoms with van der Waals surface area (Å²) in [6.45, 7) is 5.14. The molecule has 1 heterocycles. The fourth-order valence-electron chi connectivity index (χ4n) is 2.47. The third-order valence-electron chi connectivity index (χ3n) is 3.35. The van der Waals surface area contributed by atoms with Gasteiger partial charge < -0.3 is 10.5 Å². The van der Waals surface area contributed by atoms with E-state index in [1.165, 1.54) is 5.56 Å². The van der Waals surface area contributed by atoms with Crippen molar-refractivity contribution in [2.75, 3.05) is 18.1 Å². The number of nitrogens with two attached hydrogens (primary N) is 1. The van der Waals surface area contributed by atoms with Gasteiger partial charge in [0, 0.05) is 12.5 Å². The maximum atomic E-state index is 12.0. The third-order valence-corrected chi connectivity index (χ3v) is 3.35. The smallest absolute Gasteiger partial charge is 0.414 e. The predicted octanol–water partition coefficient (Wildman–Crippen LogP) is 2.37. The lowest BCUT2D eigenvalue weighted by Gasteiger charge is -2.35. The first kappa shape index (κ1) is 12.9. The van der Waals surface area contributed by atoms with Gasteiger partial charge in [0.15, 0.2) is 0 Å². The molecule has 98 valence electrons. The van der Waals surface area contributed by atoms with Crippen molar-refractivity contribution in [3.8, 4) is 0 Å². The van der Waals surface area contributed by atoms with Crippen LogP contribution in [0.15, 0.2) is 18.2 Å². The van der Waals surface area contributed by atoms with Crippen LogP contribution in [0.2, 0.25) is 0 Å². The highest BCUT2D eigenvalue weighted by Gasteiger charge is 2.31. The number of carbonyl (C=O) groups is 1. The molecule has 1 aliphatic heterocycles. The Kier molecular flexibility index (Phi) is 3.87. The van der Waals surface area contributed by atoms with Crippen molar-refractivity contribution < 1.29 is 9.53 Å². The van der Waals surface area contributed by atoms with Crippen LogP contribution in [-0.4, -0.2) is 25.3 Å². The Bertz CT molecular complexity index is 443. The average molecular weight is 248 g/mol. The number of carbonyl (C=O) groups excluding carboxylic acids is 1. The number of rotatable bonds is 3. The molecule has 0 bridgehead atoms. The zero-order valence-corrected chi connectivity index (χ0v) is 11.0. The zero-order valence-electron chi connectivity index (χ0n) is 11.0.